The Hall–Kier alpha value is -3.41. The Labute approximate surface area is 188 Å². The molecular weight excluding hydrogens is 400 g/mol. The van der Waals surface area contributed by atoms with Gasteiger partial charge in [0, 0.05) is 30.8 Å². The number of nitrogens with zero attached hydrogens (tertiary/aromatic N) is 3. The van der Waals surface area contributed by atoms with Gasteiger partial charge in [-0.25, -0.2) is 0 Å². The molecule has 1 aliphatic rings. The quantitative estimate of drug-likeness (QED) is 0.636. The van der Waals surface area contributed by atoms with E-state index in [0.29, 0.717) is 0 Å². The van der Waals surface area contributed by atoms with Gasteiger partial charge in [-0.1, -0.05) is 38.1 Å². The van der Waals surface area contributed by atoms with Crippen molar-refractivity contribution in [1.29, 1.82) is 0 Å². The van der Waals surface area contributed by atoms with E-state index in [0.717, 1.165) is 56.0 Å². The molecule has 6 nitrogen and oxygen atoms in total. The van der Waals surface area contributed by atoms with Crippen LogP contribution in [0, 0.1) is 5.92 Å². The van der Waals surface area contributed by atoms with Crippen LogP contribution < -0.4 is 15.8 Å². The van der Waals surface area contributed by atoms with Crippen LogP contribution in [0.4, 0.5) is 11.5 Å². The van der Waals surface area contributed by atoms with Crippen molar-refractivity contribution >= 4 is 17.4 Å². The molecule has 0 aliphatic carbocycles. The van der Waals surface area contributed by atoms with Crippen LogP contribution in [0.1, 0.15) is 37.8 Å². The van der Waals surface area contributed by atoms with E-state index in [1.807, 2.05) is 36.4 Å². The lowest BCUT2D eigenvalue weighted by Crippen LogP contribution is -2.39. The molecule has 3 aromatic rings. The van der Waals surface area contributed by atoms with Crippen LogP contribution in [0.3, 0.4) is 0 Å². The first-order chi connectivity index (χ1) is 15.6. The van der Waals surface area contributed by atoms with Gasteiger partial charge in [-0.05, 0) is 67.1 Å². The van der Waals surface area contributed by atoms with Crippen LogP contribution >= 0.6 is 0 Å². The molecule has 166 valence electrons. The highest BCUT2D eigenvalue weighted by molar-refractivity contribution is 5.92. The van der Waals surface area contributed by atoms with Crippen molar-refractivity contribution in [3.63, 3.8) is 0 Å². The van der Waals surface area contributed by atoms with Crippen molar-refractivity contribution in [2.24, 2.45) is 5.92 Å². The summed E-state index contributed by atoms with van der Waals surface area (Å²) in [6.07, 6.45) is 3.45. The molecule has 2 heterocycles. The molecular formula is C26H30N4O2. The second kappa shape index (κ2) is 9.81. The van der Waals surface area contributed by atoms with Crippen molar-refractivity contribution in [2.45, 2.75) is 39.5 Å². The maximum absolute atomic E-state index is 12.7. The first kappa shape index (κ1) is 21.8. The Kier molecular flexibility index (Phi) is 6.69. The molecule has 1 amide bonds. The first-order valence-electron chi connectivity index (χ1n) is 11.4. The highest BCUT2D eigenvalue weighted by Gasteiger charge is 2.26. The molecule has 2 aromatic carbocycles. The van der Waals surface area contributed by atoms with Crippen LogP contribution in [0.25, 0.3) is 5.69 Å². The summed E-state index contributed by atoms with van der Waals surface area (Å²) in [6, 6.07) is 19.3. The number of benzene rings is 2. The number of rotatable bonds is 6. The first-order valence-corrected chi connectivity index (χ1v) is 11.4. The maximum Gasteiger partial charge on any atom is 0.271 e. The lowest BCUT2D eigenvalue weighted by molar-refractivity contribution is -0.120. The van der Waals surface area contributed by atoms with E-state index in [1.54, 1.807) is 12.1 Å². The molecule has 1 aromatic heterocycles. The molecule has 4 rings (SSSR count). The summed E-state index contributed by atoms with van der Waals surface area (Å²) in [7, 11) is 0. The summed E-state index contributed by atoms with van der Waals surface area (Å²) >= 11 is 0. The summed E-state index contributed by atoms with van der Waals surface area (Å²) in [4.78, 5) is 27.3. The second-order valence-electron chi connectivity index (χ2n) is 8.26. The van der Waals surface area contributed by atoms with Crippen molar-refractivity contribution in [3.05, 3.63) is 82.1 Å². The van der Waals surface area contributed by atoms with E-state index in [1.165, 1.54) is 15.8 Å². The van der Waals surface area contributed by atoms with Gasteiger partial charge in [0.05, 0.1) is 5.69 Å². The monoisotopic (exact) mass is 430 g/mol. The van der Waals surface area contributed by atoms with E-state index in [2.05, 4.69) is 41.3 Å². The SMILES string of the molecule is CCc1ccc(NC(=O)C2CCN(c3ccc(=O)n(-c4ccc(CC)cc4)n3)CC2)cc1. The number of carbonyl (C=O) groups is 1. The number of anilines is 2. The number of aromatic nitrogens is 2. The molecule has 1 fully saturated rings. The third-order valence-corrected chi connectivity index (χ3v) is 6.19. The van der Waals surface area contributed by atoms with Gasteiger partial charge in [-0.2, -0.15) is 4.68 Å². The minimum Gasteiger partial charge on any atom is -0.355 e. The van der Waals surface area contributed by atoms with E-state index in [4.69, 9.17) is 0 Å². The molecule has 1 aliphatic heterocycles. The smallest absolute Gasteiger partial charge is 0.271 e. The predicted octanol–water partition coefficient (Wildman–Crippen LogP) is 4.21. The highest BCUT2D eigenvalue weighted by atomic mass is 16.2. The van der Waals surface area contributed by atoms with Crippen molar-refractivity contribution in [3.8, 4) is 5.69 Å². The largest absolute Gasteiger partial charge is 0.355 e. The molecule has 0 spiro atoms. The fraction of sp³-hybridized carbons (Fsp3) is 0.346. The topological polar surface area (TPSA) is 67.2 Å². The van der Waals surface area contributed by atoms with Crippen LogP contribution in [0.2, 0.25) is 0 Å². The minimum absolute atomic E-state index is 0.0235. The summed E-state index contributed by atoms with van der Waals surface area (Å²) < 4.78 is 1.45. The number of hydrogen-bond acceptors (Lipinski definition) is 4. The van der Waals surface area contributed by atoms with E-state index in [9.17, 15) is 9.59 Å². The van der Waals surface area contributed by atoms with Gasteiger partial charge in [-0.15, -0.1) is 5.10 Å². The van der Waals surface area contributed by atoms with Crippen molar-refractivity contribution < 1.29 is 4.79 Å². The zero-order valence-electron chi connectivity index (χ0n) is 18.8. The van der Waals surface area contributed by atoms with Crippen molar-refractivity contribution in [1.82, 2.24) is 9.78 Å². The zero-order chi connectivity index (χ0) is 22.5. The van der Waals surface area contributed by atoms with Gasteiger partial charge in [0.2, 0.25) is 5.91 Å². The minimum atomic E-state index is -0.152. The zero-order valence-corrected chi connectivity index (χ0v) is 18.8. The maximum atomic E-state index is 12.7. The molecule has 0 radical (unpaired) electrons. The number of aryl methyl sites for hydroxylation is 2. The van der Waals surface area contributed by atoms with Gasteiger partial charge < -0.3 is 10.2 Å². The number of nitrogens with one attached hydrogen (secondary N) is 1. The summed E-state index contributed by atoms with van der Waals surface area (Å²) in [5.74, 6) is 0.811. The average molecular weight is 431 g/mol. The third-order valence-electron chi connectivity index (χ3n) is 6.19. The second-order valence-corrected chi connectivity index (χ2v) is 8.26. The van der Waals surface area contributed by atoms with E-state index in [-0.39, 0.29) is 17.4 Å². The van der Waals surface area contributed by atoms with Crippen LogP contribution in [-0.2, 0) is 17.6 Å². The summed E-state index contributed by atoms with van der Waals surface area (Å²) in [5.41, 5.74) is 3.93. The van der Waals surface area contributed by atoms with Crippen LogP contribution in [0.5, 0.6) is 0 Å². The third kappa shape index (κ3) is 4.90. The molecule has 0 unspecified atom stereocenters. The standard InChI is InChI=1S/C26H30N4O2/c1-3-19-5-9-22(10-6-19)27-26(32)21-15-17-29(18-16-21)24-13-14-25(31)30(28-24)23-11-7-20(4-2)8-12-23/h5-14,21H,3-4,15-18H2,1-2H3,(H,27,32). The molecule has 1 N–H and O–H groups in total. The lowest BCUT2D eigenvalue weighted by Gasteiger charge is -2.32. The molecule has 6 heteroatoms. The number of piperidine rings is 1. The lowest BCUT2D eigenvalue weighted by atomic mass is 9.95. The van der Waals surface area contributed by atoms with Crippen LogP contribution in [0.15, 0.2) is 65.5 Å². The fourth-order valence-electron chi connectivity index (χ4n) is 4.07. The van der Waals surface area contributed by atoms with Crippen molar-refractivity contribution in [2.75, 3.05) is 23.3 Å². The van der Waals surface area contributed by atoms with Gasteiger partial charge in [0.15, 0.2) is 0 Å². The number of hydrogen-bond donors (Lipinski definition) is 1. The Morgan fingerprint density at radius 3 is 2.09 bits per heavy atom. The predicted molar refractivity (Wildman–Crippen MR) is 129 cm³/mol. The molecule has 0 saturated carbocycles. The van der Waals surface area contributed by atoms with Gasteiger partial charge >= 0.3 is 0 Å². The Balaban J connectivity index is 1.40. The summed E-state index contributed by atoms with van der Waals surface area (Å²) in [6.45, 7) is 5.68. The van der Waals surface area contributed by atoms with E-state index >= 15 is 0 Å². The van der Waals surface area contributed by atoms with E-state index < -0.39 is 0 Å². The normalized spacial score (nSPS) is 14.4. The Bertz CT molecular complexity index is 1110. The van der Waals surface area contributed by atoms with Gasteiger partial charge in [-0.3, -0.25) is 9.59 Å². The molecule has 1 saturated heterocycles. The van der Waals surface area contributed by atoms with Gasteiger partial charge in [0.25, 0.3) is 5.56 Å². The number of amides is 1. The molecule has 0 bridgehead atoms. The van der Waals surface area contributed by atoms with Crippen LogP contribution in [-0.4, -0.2) is 28.8 Å². The Morgan fingerprint density at radius 2 is 1.50 bits per heavy atom. The summed E-state index contributed by atoms with van der Waals surface area (Å²) in [5, 5.41) is 7.65. The molecule has 0 atom stereocenters. The van der Waals surface area contributed by atoms with Gasteiger partial charge in [0.1, 0.15) is 5.82 Å². The number of carbonyl (C=O) groups excluding carboxylic acids is 1. The highest BCUT2D eigenvalue weighted by Crippen LogP contribution is 2.23. The fourth-order valence-corrected chi connectivity index (χ4v) is 4.07. The average Bonchev–Trinajstić information content (AvgIpc) is 2.85. The molecule has 32 heavy (non-hydrogen) atoms. The Morgan fingerprint density at radius 1 is 0.906 bits per heavy atom.